The van der Waals surface area contributed by atoms with E-state index in [1.807, 2.05) is 30.3 Å². The lowest BCUT2D eigenvalue weighted by molar-refractivity contribution is -0.123. The Balaban J connectivity index is 1.52. The molecule has 4 N–H and O–H groups in total. The normalized spacial score (nSPS) is 14.4. The third-order valence-corrected chi connectivity index (χ3v) is 5.35. The van der Waals surface area contributed by atoms with Gasteiger partial charge in [0.05, 0.1) is 11.9 Å². The van der Waals surface area contributed by atoms with E-state index in [0.717, 1.165) is 12.8 Å². The fourth-order valence-corrected chi connectivity index (χ4v) is 3.65. The Bertz CT molecular complexity index is 1150. The number of hydrogen-bond donors (Lipinski definition) is 3. The van der Waals surface area contributed by atoms with Gasteiger partial charge in [-0.2, -0.15) is 0 Å². The second-order valence-electron chi connectivity index (χ2n) is 7.75. The number of hydrogen-bond acceptors (Lipinski definition) is 5. The molecule has 33 heavy (non-hydrogen) atoms. The third-order valence-electron chi connectivity index (χ3n) is 5.35. The number of nitrogens with zero attached hydrogens (tertiary/aromatic N) is 2. The van der Waals surface area contributed by atoms with E-state index in [1.54, 1.807) is 41.3 Å². The monoisotopic (exact) mass is 443 g/mol. The molecule has 1 saturated heterocycles. The number of piperidine rings is 1. The Morgan fingerprint density at radius 1 is 1.09 bits per heavy atom. The SMILES string of the molecule is N=C(N)c1cccc(OC(C(=O)Nc2ccc(N3CCCCC3=O)nc2)c2ccccc2)c1. The smallest absolute Gasteiger partial charge is 0.270 e. The van der Waals surface area contributed by atoms with Crippen molar-refractivity contribution in [3.63, 3.8) is 0 Å². The highest BCUT2D eigenvalue weighted by Crippen LogP contribution is 2.25. The van der Waals surface area contributed by atoms with Crippen LogP contribution in [0, 0.1) is 5.41 Å². The zero-order chi connectivity index (χ0) is 23.2. The summed E-state index contributed by atoms with van der Waals surface area (Å²) < 4.78 is 6.02. The molecule has 2 aromatic carbocycles. The van der Waals surface area contributed by atoms with Crippen molar-refractivity contribution in [2.75, 3.05) is 16.8 Å². The van der Waals surface area contributed by atoms with E-state index >= 15 is 0 Å². The van der Waals surface area contributed by atoms with Crippen LogP contribution in [0.2, 0.25) is 0 Å². The van der Waals surface area contributed by atoms with Crippen LogP contribution in [0.1, 0.15) is 36.5 Å². The number of anilines is 2. The van der Waals surface area contributed by atoms with E-state index in [-0.39, 0.29) is 17.6 Å². The largest absolute Gasteiger partial charge is 0.476 e. The number of nitrogen functional groups attached to an aromatic ring is 1. The van der Waals surface area contributed by atoms with E-state index in [1.165, 1.54) is 6.20 Å². The predicted octanol–water partition coefficient (Wildman–Crippen LogP) is 3.64. The molecule has 8 heteroatoms. The Morgan fingerprint density at radius 2 is 1.91 bits per heavy atom. The number of rotatable bonds is 7. The van der Waals surface area contributed by atoms with Crippen molar-refractivity contribution in [3.05, 3.63) is 84.1 Å². The average molecular weight is 444 g/mol. The molecule has 1 fully saturated rings. The van der Waals surface area contributed by atoms with Gasteiger partial charge >= 0.3 is 0 Å². The summed E-state index contributed by atoms with van der Waals surface area (Å²) in [4.78, 5) is 31.3. The standard InChI is InChI=1S/C25H25N5O3/c26-24(27)18-9-6-10-20(15-18)33-23(17-7-2-1-3-8-17)25(32)29-19-12-13-21(28-16-19)30-14-5-4-11-22(30)31/h1-3,6-10,12-13,15-16,23H,4-5,11,14H2,(H3,26,27)(H,29,32). The summed E-state index contributed by atoms with van der Waals surface area (Å²) in [5.74, 6) is 0.604. The van der Waals surface area contributed by atoms with Crippen molar-refractivity contribution in [2.45, 2.75) is 25.4 Å². The molecule has 1 aliphatic heterocycles. The first-order valence-corrected chi connectivity index (χ1v) is 10.7. The van der Waals surface area contributed by atoms with Gasteiger partial charge in [-0.1, -0.05) is 42.5 Å². The number of carbonyl (C=O) groups is 2. The fourth-order valence-electron chi connectivity index (χ4n) is 3.65. The van der Waals surface area contributed by atoms with Crippen molar-refractivity contribution >= 4 is 29.2 Å². The van der Waals surface area contributed by atoms with Crippen molar-refractivity contribution in [2.24, 2.45) is 5.73 Å². The molecule has 1 aromatic heterocycles. The van der Waals surface area contributed by atoms with E-state index in [2.05, 4.69) is 10.3 Å². The molecular formula is C25H25N5O3. The minimum atomic E-state index is -0.934. The van der Waals surface area contributed by atoms with Gasteiger partial charge in [0.15, 0.2) is 0 Å². The maximum atomic E-state index is 13.2. The summed E-state index contributed by atoms with van der Waals surface area (Å²) >= 11 is 0. The van der Waals surface area contributed by atoms with Crippen LogP contribution in [0.3, 0.4) is 0 Å². The van der Waals surface area contributed by atoms with E-state index < -0.39 is 6.10 Å². The molecule has 0 aliphatic carbocycles. The van der Waals surface area contributed by atoms with Crippen LogP contribution in [0.4, 0.5) is 11.5 Å². The third kappa shape index (κ3) is 5.35. The quantitative estimate of drug-likeness (QED) is 0.380. The second-order valence-corrected chi connectivity index (χ2v) is 7.75. The lowest BCUT2D eigenvalue weighted by atomic mass is 10.1. The minimum absolute atomic E-state index is 0.0656. The minimum Gasteiger partial charge on any atom is -0.476 e. The summed E-state index contributed by atoms with van der Waals surface area (Å²) in [7, 11) is 0. The number of pyridine rings is 1. The van der Waals surface area contributed by atoms with Crippen molar-refractivity contribution in [3.8, 4) is 5.75 Å². The molecule has 0 radical (unpaired) electrons. The van der Waals surface area contributed by atoms with Crippen LogP contribution in [-0.4, -0.2) is 29.2 Å². The van der Waals surface area contributed by atoms with Crippen LogP contribution in [0.15, 0.2) is 72.9 Å². The Labute approximate surface area is 191 Å². The number of amidine groups is 1. The zero-order valence-corrected chi connectivity index (χ0v) is 18.0. The summed E-state index contributed by atoms with van der Waals surface area (Å²) in [6, 6.07) is 19.3. The highest BCUT2D eigenvalue weighted by Gasteiger charge is 2.24. The maximum absolute atomic E-state index is 13.2. The highest BCUT2D eigenvalue weighted by molar-refractivity contribution is 5.96. The zero-order valence-electron chi connectivity index (χ0n) is 18.0. The Hall–Kier alpha value is -4.20. The first kappa shape index (κ1) is 22.0. The summed E-state index contributed by atoms with van der Waals surface area (Å²) in [6.45, 7) is 0.654. The van der Waals surface area contributed by atoms with Gasteiger partial charge in [-0.25, -0.2) is 4.98 Å². The Kier molecular flexibility index (Phi) is 6.64. The number of nitrogens with two attached hydrogens (primary N) is 1. The molecule has 4 rings (SSSR count). The molecule has 1 atom stereocenters. The summed E-state index contributed by atoms with van der Waals surface area (Å²) in [6.07, 6.45) is 2.98. The number of ether oxygens (including phenoxy) is 1. The topological polar surface area (TPSA) is 121 Å². The molecule has 3 aromatic rings. The first-order chi connectivity index (χ1) is 16.0. The molecule has 0 saturated carbocycles. The average Bonchev–Trinajstić information content (AvgIpc) is 2.84. The van der Waals surface area contributed by atoms with Crippen molar-refractivity contribution < 1.29 is 14.3 Å². The number of nitrogens with one attached hydrogen (secondary N) is 2. The Morgan fingerprint density at radius 3 is 2.61 bits per heavy atom. The fraction of sp³-hybridized carbons (Fsp3) is 0.200. The second kappa shape index (κ2) is 9.95. The van der Waals surface area contributed by atoms with Gasteiger partial charge in [0.25, 0.3) is 5.91 Å². The van der Waals surface area contributed by atoms with Gasteiger partial charge < -0.3 is 15.8 Å². The lowest BCUT2D eigenvalue weighted by Gasteiger charge is -2.25. The molecule has 0 spiro atoms. The first-order valence-electron chi connectivity index (χ1n) is 10.7. The van der Waals surface area contributed by atoms with Crippen molar-refractivity contribution in [1.82, 2.24) is 4.98 Å². The number of amides is 2. The lowest BCUT2D eigenvalue weighted by Crippen LogP contribution is -2.35. The molecule has 2 heterocycles. The van der Waals surface area contributed by atoms with E-state index in [9.17, 15) is 9.59 Å². The molecular weight excluding hydrogens is 418 g/mol. The molecule has 1 aliphatic rings. The van der Waals surface area contributed by atoms with Crippen LogP contribution in [-0.2, 0) is 9.59 Å². The molecule has 2 amide bonds. The van der Waals surface area contributed by atoms with E-state index in [4.69, 9.17) is 15.9 Å². The van der Waals surface area contributed by atoms with Crippen molar-refractivity contribution in [1.29, 1.82) is 5.41 Å². The highest BCUT2D eigenvalue weighted by atomic mass is 16.5. The van der Waals surface area contributed by atoms with E-state index in [0.29, 0.717) is 41.3 Å². The van der Waals surface area contributed by atoms with Crippen LogP contribution in [0.25, 0.3) is 0 Å². The van der Waals surface area contributed by atoms with Gasteiger partial charge in [0.2, 0.25) is 12.0 Å². The van der Waals surface area contributed by atoms with Crippen LogP contribution >= 0.6 is 0 Å². The molecule has 0 bridgehead atoms. The number of benzene rings is 2. The maximum Gasteiger partial charge on any atom is 0.270 e. The van der Waals surface area contributed by atoms with Crippen LogP contribution < -0.4 is 20.7 Å². The summed E-state index contributed by atoms with van der Waals surface area (Å²) in [5.41, 5.74) is 7.25. The summed E-state index contributed by atoms with van der Waals surface area (Å²) in [5, 5.41) is 10.5. The molecule has 1 unspecified atom stereocenters. The molecule has 8 nitrogen and oxygen atoms in total. The van der Waals surface area contributed by atoms with Gasteiger partial charge in [-0.15, -0.1) is 0 Å². The number of aromatic nitrogens is 1. The van der Waals surface area contributed by atoms with Gasteiger partial charge in [0.1, 0.15) is 17.4 Å². The molecule has 168 valence electrons. The van der Waals surface area contributed by atoms with Gasteiger partial charge in [-0.3, -0.25) is 19.9 Å². The van der Waals surface area contributed by atoms with Gasteiger partial charge in [0, 0.05) is 24.1 Å². The number of carbonyl (C=O) groups excluding carboxylic acids is 2. The van der Waals surface area contributed by atoms with Crippen LogP contribution in [0.5, 0.6) is 5.75 Å². The van der Waals surface area contributed by atoms with Gasteiger partial charge in [-0.05, 0) is 37.1 Å². The predicted molar refractivity (Wildman–Crippen MR) is 126 cm³/mol.